The third-order valence-corrected chi connectivity index (χ3v) is 6.42. The van der Waals surface area contributed by atoms with Gasteiger partial charge in [-0.2, -0.15) is 0 Å². The van der Waals surface area contributed by atoms with E-state index in [1.807, 2.05) is 0 Å². The van der Waals surface area contributed by atoms with Crippen LogP contribution in [-0.4, -0.2) is 145 Å². The minimum atomic E-state index is -1.76. The molecule has 3 aliphatic heterocycles. The van der Waals surface area contributed by atoms with Crippen molar-refractivity contribution in [1.82, 2.24) is 5.32 Å². The summed E-state index contributed by atoms with van der Waals surface area (Å²) >= 11 is 0. The normalized spacial score (nSPS) is 51.1. The van der Waals surface area contributed by atoms with Gasteiger partial charge in [0.15, 0.2) is 18.9 Å². The van der Waals surface area contributed by atoms with Crippen LogP contribution in [0.4, 0.5) is 0 Å². The second-order valence-corrected chi connectivity index (χ2v) is 9.04. The van der Waals surface area contributed by atoms with E-state index in [1.165, 1.54) is 13.8 Å². The molecule has 15 atom stereocenters. The highest BCUT2D eigenvalue weighted by Crippen LogP contribution is 2.32. The Morgan fingerprint density at radius 2 is 1.29 bits per heavy atom. The number of rotatable bonds is 6. The zero-order valence-electron chi connectivity index (χ0n) is 19.4. The molecule has 0 saturated carbocycles. The van der Waals surface area contributed by atoms with E-state index < -0.39 is 105 Å². The van der Waals surface area contributed by atoms with E-state index in [2.05, 4.69) is 5.32 Å². The Kier molecular flexibility index (Phi) is 9.42. The number of nitrogens with one attached hydrogen (secondary N) is 1. The monoisotopic (exact) mass is 513 g/mol. The number of hydrogen-bond donors (Lipinski definition) is 9. The minimum absolute atomic E-state index is 0.589. The average Bonchev–Trinajstić information content (AvgIpc) is 2.80. The van der Waals surface area contributed by atoms with Gasteiger partial charge in [0.05, 0.1) is 18.8 Å². The summed E-state index contributed by atoms with van der Waals surface area (Å²) in [5.74, 6) is -0.589. The van der Waals surface area contributed by atoms with Gasteiger partial charge < -0.3 is 69.9 Å². The lowest BCUT2D eigenvalue weighted by molar-refractivity contribution is -0.368. The number of aliphatic hydroxyl groups is 8. The first-order valence-corrected chi connectivity index (χ1v) is 11.3. The molecular weight excluding hydrogens is 478 g/mol. The Bertz CT molecular complexity index is 715. The molecule has 0 aromatic heterocycles. The van der Waals surface area contributed by atoms with Crippen molar-refractivity contribution in [3.8, 4) is 0 Å². The number of amides is 1. The molecule has 3 saturated heterocycles. The Hall–Kier alpha value is -1.05. The predicted octanol–water partition coefficient (Wildman–Crippen LogP) is -5.37. The van der Waals surface area contributed by atoms with Gasteiger partial charge in [-0.05, 0) is 13.8 Å². The first-order chi connectivity index (χ1) is 16.4. The quantitative estimate of drug-likeness (QED) is 0.161. The molecule has 35 heavy (non-hydrogen) atoms. The van der Waals surface area contributed by atoms with Crippen molar-refractivity contribution in [2.75, 3.05) is 6.61 Å². The Morgan fingerprint density at radius 3 is 1.86 bits per heavy atom. The van der Waals surface area contributed by atoms with Gasteiger partial charge in [-0.1, -0.05) is 0 Å². The van der Waals surface area contributed by atoms with Crippen LogP contribution >= 0.6 is 0 Å². The maximum atomic E-state index is 11.6. The molecular formula is C20H35NO14. The predicted molar refractivity (Wildman–Crippen MR) is 110 cm³/mol. The number of hydrogen-bond acceptors (Lipinski definition) is 14. The lowest BCUT2D eigenvalue weighted by Crippen LogP contribution is -2.68. The van der Waals surface area contributed by atoms with Gasteiger partial charge in [-0.15, -0.1) is 0 Å². The summed E-state index contributed by atoms with van der Waals surface area (Å²) in [5, 5.41) is 84.3. The van der Waals surface area contributed by atoms with Gasteiger partial charge >= 0.3 is 0 Å². The summed E-state index contributed by atoms with van der Waals surface area (Å²) in [6, 6.07) is -1.32. The third kappa shape index (κ3) is 5.93. The zero-order chi connectivity index (χ0) is 26.2. The number of carbonyl (C=O) groups is 1. The molecule has 3 aliphatic rings. The van der Waals surface area contributed by atoms with Gasteiger partial charge in [-0.3, -0.25) is 4.79 Å². The Labute approximate surface area is 200 Å². The summed E-state index contributed by atoms with van der Waals surface area (Å²) in [7, 11) is 0. The molecule has 0 aromatic carbocycles. The van der Waals surface area contributed by atoms with E-state index >= 15 is 0 Å². The summed E-state index contributed by atoms with van der Waals surface area (Å²) in [4.78, 5) is 11.6. The van der Waals surface area contributed by atoms with Crippen LogP contribution in [0.15, 0.2) is 0 Å². The lowest BCUT2D eigenvalue weighted by atomic mass is 9.95. The van der Waals surface area contributed by atoms with Crippen LogP contribution in [0.5, 0.6) is 0 Å². The van der Waals surface area contributed by atoms with Crippen LogP contribution in [0, 0.1) is 0 Å². The third-order valence-electron chi connectivity index (χ3n) is 6.42. The second kappa shape index (κ2) is 11.6. The van der Waals surface area contributed by atoms with Crippen LogP contribution in [0.25, 0.3) is 0 Å². The summed E-state index contributed by atoms with van der Waals surface area (Å²) in [6.07, 6.45) is -20.5. The van der Waals surface area contributed by atoms with Crippen molar-refractivity contribution in [3.05, 3.63) is 0 Å². The van der Waals surface area contributed by atoms with Crippen LogP contribution in [0.3, 0.4) is 0 Å². The first kappa shape index (κ1) is 28.5. The molecule has 15 heteroatoms. The van der Waals surface area contributed by atoms with E-state index in [-0.39, 0.29) is 0 Å². The van der Waals surface area contributed by atoms with Crippen LogP contribution in [0.1, 0.15) is 20.8 Å². The standard InChI is InChI=1S/C20H35NO14/c1-5-10(24)13(27)14(28)19(31-5)35-17-11(25)6(2)32-20(15(17)29)34-16-9(21-7(3)23)18(30)33-8(4-22)12(16)26/h5-6,8-20,22,24-30H,4H2,1-3H3,(H,21,23)/t5-,6-,8+,9+,10-,11-,12-,13+,14+,15+,16+,17+,18-,19-,20-/m0/s1. The van der Waals surface area contributed by atoms with E-state index in [0.29, 0.717) is 0 Å². The van der Waals surface area contributed by atoms with Crippen molar-refractivity contribution in [1.29, 1.82) is 0 Å². The fourth-order valence-corrected chi connectivity index (χ4v) is 4.34. The molecule has 3 fully saturated rings. The molecule has 0 aliphatic carbocycles. The van der Waals surface area contributed by atoms with Crippen molar-refractivity contribution in [2.24, 2.45) is 0 Å². The summed E-state index contributed by atoms with van der Waals surface area (Å²) in [6.45, 7) is 3.33. The lowest BCUT2D eigenvalue weighted by Gasteiger charge is -2.48. The smallest absolute Gasteiger partial charge is 0.217 e. The molecule has 1 amide bonds. The van der Waals surface area contributed by atoms with Gasteiger partial charge in [0.25, 0.3) is 0 Å². The average molecular weight is 513 g/mol. The molecule has 0 unspecified atom stereocenters. The number of aliphatic hydroxyl groups excluding tert-OH is 8. The van der Waals surface area contributed by atoms with Gasteiger partial charge in [-0.25, -0.2) is 0 Å². The molecule has 9 N–H and O–H groups in total. The number of carbonyl (C=O) groups excluding carboxylic acids is 1. The maximum absolute atomic E-state index is 11.6. The summed E-state index contributed by atoms with van der Waals surface area (Å²) in [5.41, 5.74) is 0. The molecule has 0 radical (unpaired) electrons. The highest BCUT2D eigenvalue weighted by Gasteiger charge is 2.53. The van der Waals surface area contributed by atoms with Crippen LogP contribution in [-0.2, 0) is 28.5 Å². The van der Waals surface area contributed by atoms with Crippen molar-refractivity contribution < 1.29 is 69.3 Å². The van der Waals surface area contributed by atoms with Gasteiger partial charge in [0, 0.05) is 6.92 Å². The topological polar surface area (TPSA) is 237 Å². The highest BCUT2D eigenvalue weighted by molar-refractivity contribution is 5.73. The Morgan fingerprint density at radius 1 is 0.743 bits per heavy atom. The number of ether oxygens (including phenoxy) is 5. The summed E-state index contributed by atoms with van der Waals surface area (Å²) < 4.78 is 27.3. The van der Waals surface area contributed by atoms with E-state index in [0.717, 1.165) is 6.92 Å². The molecule has 0 aromatic rings. The van der Waals surface area contributed by atoms with Gasteiger partial charge in [0.2, 0.25) is 5.91 Å². The molecule has 3 heterocycles. The van der Waals surface area contributed by atoms with E-state index in [1.54, 1.807) is 0 Å². The first-order valence-electron chi connectivity index (χ1n) is 11.3. The fourth-order valence-electron chi connectivity index (χ4n) is 4.34. The Balaban J connectivity index is 1.79. The molecule has 3 rings (SSSR count). The highest BCUT2D eigenvalue weighted by atomic mass is 16.7. The van der Waals surface area contributed by atoms with Crippen LogP contribution in [0.2, 0.25) is 0 Å². The van der Waals surface area contributed by atoms with Crippen molar-refractivity contribution in [3.63, 3.8) is 0 Å². The van der Waals surface area contributed by atoms with Crippen molar-refractivity contribution in [2.45, 2.75) is 113 Å². The molecule has 15 nitrogen and oxygen atoms in total. The zero-order valence-corrected chi connectivity index (χ0v) is 19.4. The molecule has 0 bridgehead atoms. The van der Waals surface area contributed by atoms with E-state index in [4.69, 9.17) is 23.7 Å². The SMILES string of the molecule is CC(=O)N[C@@H]1[C@@H](O[C@@H]2O[C@@H](C)[C@H](O)[C@@H](O[C@@H]3O[C@@H](C)[C@H](O)[C@@H](O)[C@H]3O)[C@H]2O)[C@@H](O)[C@@H](CO)O[C@@H]1O. The fraction of sp³-hybridized carbons (Fsp3) is 0.950. The molecule has 204 valence electrons. The second-order valence-electron chi connectivity index (χ2n) is 9.04. The maximum Gasteiger partial charge on any atom is 0.217 e. The molecule has 0 spiro atoms. The van der Waals surface area contributed by atoms with Crippen molar-refractivity contribution >= 4 is 5.91 Å². The largest absolute Gasteiger partial charge is 0.394 e. The van der Waals surface area contributed by atoms with E-state index in [9.17, 15) is 45.6 Å². The van der Waals surface area contributed by atoms with Crippen LogP contribution < -0.4 is 5.32 Å². The minimum Gasteiger partial charge on any atom is -0.394 e. The van der Waals surface area contributed by atoms with Gasteiger partial charge in [0.1, 0.15) is 61.0 Å².